The van der Waals surface area contributed by atoms with Gasteiger partial charge in [0.15, 0.2) is 0 Å². The van der Waals surface area contributed by atoms with Crippen molar-refractivity contribution in [3.8, 4) is 17.0 Å². The van der Waals surface area contributed by atoms with E-state index in [9.17, 15) is 9.90 Å². The predicted octanol–water partition coefficient (Wildman–Crippen LogP) is 3.88. The first-order chi connectivity index (χ1) is 12.0. The molecule has 25 heavy (non-hydrogen) atoms. The molecule has 0 spiro atoms. The highest BCUT2D eigenvalue weighted by Gasteiger charge is 2.19. The molecule has 0 saturated carbocycles. The van der Waals surface area contributed by atoms with E-state index in [1.54, 1.807) is 32.3 Å². The van der Waals surface area contributed by atoms with Gasteiger partial charge in [0.25, 0.3) is 5.56 Å². The number of halogens is 1. The van der Waals surface area contributed by atoms with Crippen LogP contribution in [0.4, 0.5) is 0 Å². The number of benzene rings is 2. The molecule has 1 N–H and O–H groups in total. The van der Waals surface area contributed by atoms with Crippen LogP contribution in [-0.2, 0) is 7.05 Å². The Hall–Kier alpha value is -2.85. The average Bonchev–Trinajstić information content (AvgIpc) is 2.63. The summed E-state index contributed by atoms with van der Waals surface area (Å²) in [6, 6.07) is 18.0. The molecule has 0 aliphatic heterocycles. The zero-order chi connectivity index (χ0) is 18.0. The number of pyridine rings is 1. The van der Waals surface area contributed by atoms with Crippen molar-refractivity contribution in [2.45, 2.75) is 0 Å². The zero-order valence-electron chi connectivity index (χ0n) is 13.9. The van der Waals surface area contributed by atoms with Crippen molar-refractivity contribution in [1.29, 1.82) is 0 Å². The lowest BCUT2D eigenvalue weighted by molar-refractivity contribution is 0.471. The van der Waals surface area contributed by atoms with E-state index in [4.69, 9.17) is 11.6 Å². The van der Waals surface area contributed by atoms with E-state index in [-0.39, 0.29) is 16.9 Å². The average molecular weight is 353 g/mol. The van der Waals surface area contributed by atoms with E-state index in [2.05, 4.69) is 4.99 Å². The molecule has 126 valence electrons. The monoisotopic (exact) mass is 352 g/mol. The van der Waals surface area contributed by atoms with Gasteiger partial charge in [0.1, 0.15) is 11.3 Å². The Morgan fingerprint density at radius 3 is 2.32 bits per heavy atom. The van der Waals surface area contributed by atoms with Crippen LogP contribution in [0.3, 0.4) is 0 Å². The SMILES string of the molecule is CN=C(c1ccccc1)c1c(O)cc(-c2ccc(Cl)cc2)n(C)c1=O. The summed E-state index contributed by atoms with van der Waals surface area (Å²) in [5.41, 5.74) is 2.51. The smallest absolute Gasteiger partial charge is 0.264 e. The van der Waals surface area contributed by atoms with Gasteiger partial charge < -0.3 is 9.67 Å². The minimum absolute atomic E-state index is 0.0995. The van der Waals surface area contributed by atoms with Gasteiger partial charge in [-0.25, -0.2) is 0 Å². The van der Waals surface area contributed by atoms with Crippen LogP contribution in [-0.4, -0.2) is 22.4 Å². The van der Waals surface area contributed by atoms with Gasteiger partial charge >= 0.3 is 0 Å². The van der Waals surface area contributed by atoms with Gasteiger partial charge in [-0.1, -0.05) is 54.1 Å². The van der Waals surface area contributed by atoms with Crippen molar-refractivity contribution in [1.82, 2.24) is 4.57 Å². The lowest BCUT2D eigenvalue weighted by Crippen LogP contribution is -2.26. The summed E-state index contributed by atoms with van der Waals surface area (Å²) < 4.78 is 1.51. The highest BCUT2D eigenvalue weighted by molar-refractivity contribution is 6.30. The van der Waals surface area contributed by atoms with Gasteiger partial charge in [-0.05, 0) is 17.7 Å². The van der Waals surface area contributed by atoms with Crippen LogP contribution >= 0.6 is 11.6 Å². The van der Waals surface area contributed by atoms with Gasteiger partial charge in [0, 0.05) is 30.7 Å². The van der Waals surface area contributed by atoms with E-state index in [1.807, 2.05) is 42.5 Å². The first kappa shape index (κ1) is 17.0. The fourth-order valence-corrected chi connectivity index (χ4v) is 2.91. The van der Waals surface area contributed by atoms with Crippen molar-refractivity contribution in [2.24, 2.45) is 12.0 Å². The van der Waals surface area contributed by atoms with Crippen molar-refractivity contribution >= 4 is 17.3 Å². The molecule has 0 atom stereocenters. The van der Waals surface area contributed by atoms with Gasteiger partial charge in [0.05, 0.1) is 11.4 Å². The van der Waals surface area contributed by atoms with Gasteiger partial charge in [-0.2, -0.15) is 0 Å². The van der Waals surface area contributed by atoms with Gasteiger partial charge in [-0.15, -0.1) is 0 Å². The van der Waals surface area contributed by atoms with Crippen LogP contribution in [0.5, 0.6) is 5.75 Å². The number of aliphatic imine (C=N–C) groups is 1. The Morgan fingerprint density at radius 1 is 1.08 bits per heavy atom. The number of hydrogen-bond acceptors (Lipinski definition) is 3. The minimum atomic E-state index is -0.311. The van der Waals surface area contributed by atoms with Crippen molar-refractivity contribution in [3.63, 3.8) is 0 Å². The Kier molecular flexibility index (Phi) is 4.72. The lowest BCUT2D eigenvalue weighted by Gasteiger charge is -2.14. The van der Waals surface area contributed by atoms with E-state index < -0.39 is 0 Å². The van der Waals surface area contributed by atoms with Crippen molar-refractivity contribution in [3.05, 3.63) is 87.2 Å². The van der Waals surface area contributed by atoms with Crippen LogP contribution in [0.1, 0.15) is 11.1 Å². The Balaban J connectivity index is 2.19. The summed E-state index contributed by atoms with van der Waals surface area (Å²) in [6.45, 7) is 0. The molecule has 0 amide bonds. The molecule has 0 bridgehead atoms. The van der Waals surface area contributed by atoms with E-state index >= 15 is 0 Å². The maximum Gasteiger partial charge on any atom is 0.264 e. The maximum absolute atomic E-state index is 12.9. The first-order valence-corrected chi connectivity index (χ1v) is 8.12. The summed E-state index contributed by atoms with van der Waals surface area (Å²) >= 11 is 5.92. The van der Waals surface area contributed by atoms with Crippen LogP contribution in [0, 0.1) is 0 Å². The van der Waals surface area contributed by atoms with E-state index in [0.29, 0.717) is 16.4 Å². The van der Waals surface area contributed by atoms with Crippen molar-refractivity contribution in [2.75, 3.05) is 7.05 Å². The van der Waals surface area contributed by atoms with Crippen LogP contribution < -0.4 is 5.56 Å². The molecule has 0 aliphatic carbocycles. The Labute approximate surface area is 150 Å². The number of hydrogen-bond donors (Lipinski definition) is 1. The topological polar surface area (TPSA) is 54.6 Å². The molecular weight excluding hydrogens is 336 g/mol. The number of aromatic hydroxyl groups is 1. The van der Waals surface area contributed by atoms with Crippen molar-refractivity contribution < 1.29 is 5.11 Å². The van der Waals surface area contributed by atoms with Crippen LogP contribution in [0.15, 0.2) is 70.5 Å². The summed E-state index contributed by atoms with van der Waals surface area (Å²) in [5, 5.41) is 11.2. The summed E-state index contributed by atoms with van der Waals surface area (Å²) in [6.07, 6.45) is 0. The first-order valence-electron chi connectivity index (χ1n) is 7.74. The molecule has 0 aliphatic rings. The Bertz CT molecular complexity index is 991. The molecule has 0 unspecified atom stereocenters. The molecule has 3 aromatic rings. The fraction of sp³-hybridized carbons (Fsp3) is 0.100. The maximum atomic E-state index is 12.9. The molecule has 4 nitrogen and oxygen atoms in total. The molecule has 0 radical (unpaired) electrons. The van der Waals surface area contributed by atoms with E-state index in [1.165, 1.54) is 4.57 Å². The molecule has 0 fully saturated rings. The van der Waals surface area contributed by atoms with Crippen LogP contribution in [0.25, 0.3) is 11.3 Å². The van der Waals surface area contributed by atoms with Gasteiger partial charge in [-0.3, -0.25) is 9.79 Å². The van der Waals surface area contributed by atoms with Gasteiger partial charge in [0.2, 0.25) is 0 Å². The second kappa shape index (κ2) is 6.95. The highest BCUT2D eigenvalue weighted by atomic mass is 35.5. The lowest BCUT2D eigenvalue weighted by atomic mass is 10.0. The molecule has 3 rings (SSSR count). The summed E-state index contributed by atoms with van der Waals surface area (Å²) in [4.78, 5) is 17.2. The quantitative estimate of drug-likeness (QED) is 0.727. The minimum Gasteiger partial charge on any atom is -0.507 e. The zero-order valence-corrected chi connectivity index (χ0v) is 14.7. The third-order valence-electron chi connectivity index (χ3n) is 4.06. The summed E-state index contributed by atoms with van der Waals surface area (Å²) in [5.74, 6) is -0.0995. The molecule has 2 aromatic carbocycles. The Morgan fingerprint density at radius 2 is 1.72 bits per heavy atom. The number of aromatic nitrogens is 1. The predicted molar refractivity (Wildman–Crippen MR) is 102 cm³/mol. The largest absolute Gasteiger partial charge is 0.507 e. The third kappa shape index (κ3) is 3.21. The second-order valence-electron chi connectivity index (χ2n) is 5.60. The molecular formula is C20H17ClN2O2. The van der Waals surface area contributed by atoms with Crippen LogP contribution in [0.2, 0.25) is 5.02 Å². The fourth-order valence-electron chi connectivity index (χ4n) is 2.79. The standard InChI is InChI=1S/C20H17ClN2O2/c1-22-19(14-6-4-3-5-7-14)18-17(24)12-16(23(2)20(18)25)13-8-10-15(21)11-9-13/h3-12,24H,1-2H3. The molecule has 5 heteroatoms. The van der Waals surface area contributed by atoms with E-state index in [0.717, 1.165) is 11.1 Å². The molecule has 1 heterocycles. The molecule has 0 saturated heterocycles. The normalized spacial score (nSPS) is 11.6. The second-order valence-corrected chi connectivity index (χ2v) is 6.04. The summed E-state index contributed by atoms with van der Waals surface area (Å²) in [7, 11) is 3.28. The third-order valence-corrected chi connectivity index (χ3v) is 4.31. The number of nitrogens with zero attached hydrogens (tertiary/aromatic N) is 2. The molecule has 1 aromatic heterocycles. The number of rotatable bonds is 3. The highest BCUT2D eigenvalue weighted by Crippen LogP contribution is 2.26.